The number of hydrogen-bond donors (Lipinski definition) is 2. The lowest BCUT2D eigenvalue weighted by Gasteiger charge is -2.35. The number of carbonyl (C=O) groups excluding carboxylic acids is 1. The van der Waals surface area contributed by atoms with Gasteiger partial charge in [0.15, 0.2) is 0 Å². The highest BCUT2D eigenvalue weighted by Gasteiger charge is 2.26. The van der Waals surface area contributed by atoms with Crippen molar-refractivity contribution < 1.29 is 14.7 Å². The van der Waals surface area contributed by atoms with Crippen molar-refractivity contribution in [2.45, 2.75) is 65.3 Å². The second-order valence-corrected chi connectivity index (χ2v) is 5.76. The Labute approximate surface area is 116 Å². The van der Waals surface area contributed by atoms with Crippen LogP contribution in [-0.4, -0.2) is 40.6 Å². The van der Waals surface area contributed by atoms with E-state index in [1.165, 1.54) is 12.8 Å². The van der Waals surface area contributed by atoms with Crippen LogP contribution in [-0.2, 0) is 4.79 Å². The molecule has 5 nitrogen and oxygen atoms in total. The first kappa shape index (κ1) is 17.7. The molecule has 0 aromatic heterocycles. The van der Waals surface area contributed by atoms with Crippen LogP contribution >= 0.6 is 0 Å². The number of hydrogen-bond acceptors (Lipinski definition) is 2. The molecular weight excluding hydrogens is 244 g/mol. The van der Waals surface area contributed by atoms with Gasteiger partial charge in [-0.05, 0) is 27.2 Å². The highest BCUT2D eigenvalue weighted by atomic mass is 16.4. The van der Waals surface area contributed by atoms with Crippen LogP contribution in [0.3, 0.4) is 0 Å². The first-order valence-corrected chi connectivity index (χ1v) is 7.06. The second-order valence-electron chi connectivity index (χ2n) is 5.76. The molecule has 0 aliphatic heterocycles. The average Bonchev–Trinajstić information content (AvgIpc) is 2.26. The van der Waals surface area contributed by atoms with Gasteiger partial charge in [0.25, 0.3) is 0 Å². The molecule has 112 valence electrons. The van der Waals surface area contributed by atoms with E-state index in [9.17, 15) is 9.59 Å². The van der Waals surface area contributed by atoms with E-state index in [0.29, 0.717) is 6.54 Å². The standard InChI is InChI=1S/C14H28N2O3/c1-5-6-7-8-10-15-13(19)16(14(2,3)4)11-9-12(17)18/h5-11H2,1-4H3,(H,15,19)(H,17,18). The molecule has 0 aliphatic rings. The fourth-order valence-corrected chi connectivity index (χ4v) is 1.79. The van der Waals surface area contributed by atoms with Gasteiger partial charge in [0.2, 0.25) is 0 Å². The summed E-state index contributed by atoms with van der Waals surface area (Å²) < 4.78 is 0. The van der Waals surface area contributed by atoms with Crippen molar-refractivity contribution in [3.05, 3.63) is 0 Å². The summed E-state index contributed by atoms with van der Waals surface area (Å²) >= 11 is 0. The van der Waals surface area contributed by atoms with Gasteiger partial charge < -0.3 is 15.3 Å². The fraction of sp³-hybridized carbons (Fsp3) is 0.857. The smallest absolute Gasteiger partial charge is 0.317 e. The largest absolute Gasteiger partial charge is 0.481 e. The Kier molecular flexibility index (Phi) is 8.19. The minimum atomic E-state index is -0.884. The van der Waals surface area contributed by atoms with Gasteiger partial charge in [0, 0.05) is 18.6 Å². The van der Waals surface area contributed by atoms with Gasteiger partial charge in [0.1, 0.15) is 0 Å². The molecule has 0 saturated carbocycles. The molecule has 0 aliphatic carbocycles. The molecular formula is C14H28N2O3. The highest BCUT2D eigenvalue weighted by Crippen LogP contribution is 2.14. The third-order valence-corrected chi connectivity index (χ3v) is 2.91. The van der Waals surface area contributed by atoms with Crippen LogP contribution < -0.4 is 5.32 Å². The summed E-state index contributed by atoms with van der Waals surface area (Å²) in [5.74, 6) is -0.884. The molecule has 0 fully saturated rings. The Hall–Kier alpha value is -1.26. The zero-order valence-electron chi connectivity index (χ0n) is 12.7. The van der Waals surface area contributed by atoms with E-state index in [-0.39, 0.29) is 24.5 Å². The maximum absolute atomic E-state index is 12.1. The first-order chi connectivity index (χ1) is 8.79. The topological polar surface area (TPSA) is 69.6 Å². The molecule has 19 heavy (non-hydrogen) atoms. The molecule has 0 unspecified atom stereocenters. The number of unbranched alkanes of at least 4 members (excludes halogenated alkanes) is 3. The summed E-state index contributed by atoms with van der Waals surface area (Å²) in [6.45, 7) is 8.76. The van der Waals surface area contributed by atoms with E-state index in [1.807, 2.05) is 20.8 Å². The van der Waals surface area contributed by atoms with E-state index < -0.39 is 5.97 Å². The van der Waals surface area contributed by atoms with Crippen LogP contribution in [0, 0.1) is 0 Å². The number of rotatable bonds is 8. The van der Waals surface area contributed by atoms with Gasteiger partial charge in [-0.2, -0.15) is 0 Å². The fourth-order valence-electron chi connectivity index (χ4n) is 1.79. The molecule has 2 N–H and O–H groups in total. The number of urea groups is 1. The van der Waals surface area contributed by atoms with Crippen molar-refractivity contribution in [3.8, 4) is 0 Å². The summed E-state index contributed by atoms with van der Waals surface area (Å²) in [7, 11) is 0. The van der Waals surface area contributed by atoms with Crippen LogP contribution in [0.1, 0.15) is 59.8 Å². The molecule has 0 atom stereocenters. The van der Waals surface area contributed by atoms with Gasteiger partial charge in [-0.15, -0.1) is 0 Å². The van der Waals surface area contributed by atoms with Crippen molar-refractivity contribution in [2.24, 2.45) is 0 Å². The summed E-state index contributed by atoms with van der Waals surface area (Å²) in [5, 5.41) is 11.6. The Bertz CT molecular complexity index is 285. The Balaban J connectivity index is 4.20. The van der Waals surface area contributed by atoms with Crippen molar-refractivity contribution in [1.29, 1.82) is 0 Å². The number of nitrogens with zero attached hydrogens (tertiary/aromatic N) is 1. The normalized spacial score (nSPS) is 11.2. The molecule has 0 saturated heterocycles. The lowest BCUT2D eigenvalue weighted by atomic mass is 10.1. The molecule has 2 amide bonds. The Morgan fingerprint density at radius 1 is 1.16 bits per heavy atom. The summed E-state index contributed by atoms with van der Waals surface area (Å²) in [6.07, 6.45) is 4.40. The van der Waals surface area contributed by atoms with E-state index >= 15 is 0 Å². The number of nitrogens with one attached hydrogen (secondary N) is 1. The molecule has 0 radical (unpaired) electrons. The number of aliphatic carboxylic acids is 1. The third-order valence-electron chi connectivity index (χ3n) is 2.91. The van der Waals surface area contributed by atoms with E-state index in [0.717, 1.165) is 12.8 Å². The number of carboxylic acids is 1. The third kappa shape index (κ3) is 8.46. The summed E-state index contributed by atoms with van der Waals surface area (Å²) in [6, 6.07) is -0.176. The van der Waals surface area contributed by atoms with Crippen molar-refractivity contribution in [3.63, 3.8) is 0 Å². The number of carbonyl (C=O) groups is 2. The van der Waals surface area contributed by atoms with Gasteiger partial charge >= 0.3 is 12.0 Å². The second kappa shape index (κ2) is 8.77. The summed E-state index contributed by atoms with van der Waals surface area (Å²) in [4.78, 5) is 24.3. The van der Waals surface area contributed by atoms with Crippen LogP contribution in [0.5, 0.6) is 0 Å². The molecule has 5 heteroatoms. The molecule has 0 heterocycles. The van der Waals surface area contributed by atoms with Gasteiger partial charge in [0.05, 0.1) is 6.42 Å². The predicted molar refractivity (Wildman–Crippen MR) is 76.3 cm³/mol. The lowest BCUT2D eigenvalue weighted by Crippen LogP contribution is -2.51. The van der Waals surface area contributed by atoms with E-state index in [1.54, 1.807) is 4.90 Å². The highest BCUT2D eigenvalue weighted by molar-refractivity contribution is 5.76. The lowest BCUT2D eigenvalue weighted by molar-refractivity contribution is -0.137. The number of carboxylic acid groups (broad SMARTS) is 1. The van der Waals surface area contributed by atoms with Gasteiger partial charge in [-0.3, -0.25) is 4.79 Å². The Morgan fingerprint density at radius 3 is 2.26 bits per heavy atom. The molecule has 0 aromatic rings. The molecule has 0 aromatic carbocycles. The molecule has 0 rings (SSSR count). The van der Waals surface area contributed by atoms with Gasteiger partial charge in [-0.25, -0.2) is 4.79 Å². The first-order valence-electron chi connectivity index (χ1n) is 7.06. The van der Waals surface area contributed by atoms with E-state index in [2.05, 4.69) is 12.2 Å². The monoisotopic (exact) mass is 272 g/mol. The minimum Gasteiger partial charge on any atom is -0.481 e. The van der Waals surface area contributed by atoms with Crippen LogP contribution in [0.25, 0.3) is 0 Å². The average molecular weight is 272 g/mol. The van der Waals surface area contributed by atoms with Crippen molar-refractivity contribution >= 4 is 12.0 Å². The SMILES string of the molecule is CCCCCCNC(=O)N(CCC(=O)O)C(C)(C)C. The zero-order chi connectivity index (χ0) is 14.9. The van der Waals surface area contributed by atoms with Gasteiger partial charge in [-0.1, -0.05) is 26.2 Å². The quantitative estimate of drug-likeness (QED) is 0.667. The summed E-state index contributed by atoms with van der Waals surface area (Å²) in [5.41, 5.74) is -0.372. The Morgan fingerprint density at radius 2 is 1.79 bits per heavy atom. The predicted octanol–water partition coefficient (Wildman–Crippen LogP) is 2.85. The van der Waals surface area contributed by atoms with Crippen molar-refractivity contribution in [1.82, 2.24) is 10.2 Å². The minimum absolute atomic E-state index is 0.0273. The van der Waals surface area contributed by atoms with E-state index in [4.69, 9.17) is 5.11 Å². The maximum atomic E-state index is 12.1. The number of amides is 2. The van der Waals surface area contributed by atoms with Crippen LogP contribution in [0.15, 0.2) is 0 Å². The van der Waals surface area contributed by atoms with Crippen molar-refractivity contribution in [2.75, 3.05) is 13.1 Å². The van der Waals surface area contributed by atoms with Crippen LogP contribution in [0.4, 0.5) is 4.79 Å². The maximum Gasteiger partial charge on any atom is 0.317 e. The molecule has 0 bridgehead atoms. The molecule has 0 spiro atoms. The zero-order valence-corrected chi connectivity index (χ0v) is 12.7. The van der Waals surface area contributed by atoms with Crippen LogP contribution in [0.2, 0.25) is 0 Å².